The molecule has 1 saturated carbocycles. The van der Waals surface area contributed by atoms with E-state index < -0.39 is 0 Å². The summed E-state index contributed by atoms with van der Waals surface area (Å²) in [6, 6.07) is 6.41. The van der Waals surface area contributed by atoms with Crippen molar-refractivity contribution in [2.24, 2.45) is 0 Å². The van der Waals surface area contributed by atoms with Crippen molar-refractivity contribution in [3.63, 3.8) is 0 Å². The molecule has 2 aromatic rings. The molecule has 0 atom stereocenters. The number of hydrogen-bond donors (Lipinski definition) is 2. The lowest BCUT2D eigenvalue weighted by atomic mass is 10.1. The van der Waals surface area contributed by atoms with E-state index in [-0.39, 0.29) is 11.8 Å². The summed E-state index contributed by atoms with van der Waals surface area (Å²) in [6.07, 6.45) is 2.48. The molecule has 2 amide bonds. The smallest absolute Gasteiger partial charge is 0.238 e. The summed E-state index contributed by atoms with van der Waals surface area (Å²) in [5, 5.41) is 15.4. The molecule has 7 nitrogen and oxygen atoms in total. The minimum absolute atomic E-state index is 0.0447. The largest absolute Gasteiger partial charge is 0.325 e. The zero-order valence-electron chi connectivity index (χ0n) is 17.5. The summed E-state index contributed by atoms with van der Waals surface area (Å²) in [5.74, 6) is 0.146. The maximum atomic E-state index is 12.6. The van der Waals surface area contributed by atoms with Gasteiger partial charge in [-0.3, -0.25) is 14.5 Å². The molecule has 1 fully saturated rings. The molecule has 0 spiro atoms. The highest BCUT2D eigenvalue weighted by atomic mass is 32.1. The third-order valence-electron chi connectivity index (χ3n) is 4.88. The normalized spacial score (nSPS) is 13.7. The number of nitrogens with one attached hydrogen (secondary N) is 2. The highest BCUT2D eigenvalue weighted by molar-refractivity contribution is 7.15. The first kappa shape index (κ1) is 21.4. The van der Waals surface area contributed by atoms with Crippen LogP contribution in [0.15, 0.2) is 18.2 Å². The van der Waals surface area contributed by atoms with Gasteiger partial charge in [-0.05, 0) is 43.9 Å². The van der Waals surface area contributed by atoms with Crippen molar-refractivity contribution in [1.82, 2.24) is 15.1 Å². The Labute approximate surface area is 175 Å². The van der Waals surface area contributed by atoms with Crippen LogP contribution >= 0.6 is 11.3 Å². The molecule has 1 aliphatic carbocycles. The highest BCUT2D eigenvalue weighted by Crippen LogP contribution is 2.27. The topological polar surface area (TPSA) is 87.2 Å². The Morgan fingerprint density at radius 3 is 2.59 bits per heavy atom. The van der Waals surface area contributed by atoms with Crippen LogP contribution in [0.25, 0.3) is 0 Å². The first-order chi connectivity index (χ1) is 13.8. The lowest BCUT2D eigenvalue weighted by molar-refractivity contribution is -0.119. The maximum Gasteiger partial charge on any atom is 0.238 e. The van der Waals surface area contributed by atoms with Gasteiger partial charge in [0, 0.05) is 30.6 Å². The number of rotatable bonds is 9. The van der Waals surface area contributed by atoms with E-state index in [2.05, 4.69) is 25.7 Å². The predicted octanol–water partition coefficient (Wildman–Crippen LogP) is 3.71. The summed E-state index contributed by atoms with van der Waals surface area (Å²) in [6.45, 7) is 8.92. The second kappa shape index (κ2) is 9.45. The molecule has 1 aromatic heterocycles. The molecule has 3 rings (SSSR count). The lowest BCUT2D eigenvalue weighted by Gasteiger charge is -2.21. The average molecular weight is 416 g/mol. The fourth-order valence-corrected chi connectivity index (χ4v) is 3.78. The predicted molar refractivity (Wildman–Crippen MR) is 116 cm³/mol. The van der Waals surface area contributed by atoms with Gasteiger partial charge in [0.25, 0.3) is 0 Å². The summed E-state index contributed by atoms with van der Waals surface area (Å²) >= 11 is 1.40. The van der Waals surface area contributed by atoms with Crippen LogP contribution in [-0.2, 0) is 9.59 Å². The van der Waals surface area contributed by atoms with Crippen molar-refractivity contribution in [1.29, 1.82) is 0 Å². The Morgan fingerprint density at radius 1 is 1.17 bits per heavy atom. The van der Waals surface area contributed by atoms with Crippen LogP contribution in [0.2, 0.25) is 0 Å². The fraction of sp³-hybridized carbons (Fsp3) is 0.524. The maximum absolute atomic E-state index is 12.6. The van der Waals surface area contributed by atoms with Crippen molar-refractivity contribution in [2.75, 3.05) is 23.7 Å². The van der Waals surface area contributed by atoms with Crippen LogP contribution in [-0.4, -0.2) is 46.0 Å². The van der Waals surface area contributed by atoms with E-state index in [1.807, 2.05) is 45.9 Å². The van der Waals surface area contributed by atoms with Crippen LogP contribution < -0.4 is 10.6 Å². The zero-order chi connectivity index (χ0) is 21.0. The van der Waals surface area contributed by atoms with E-state index in [4.69, 9.17) is 0 Å². The first-order valence-electron chi connectivity index (χ1n) is 10.1. The number of carbonyl (C=O) groups is 2. The molecule has 1 aliphatic rings. The Kier molecular flexibility index (Phi) is 6.97. The standard InChI is InChI=1S/C21H29N5O2S/c1-13(2)20-24-25-21(29-20)23-18(27)9-10-26(16-7-8-16)12-19(28)22-17-11-14(3)5-6-15(17)4/h5-6,11,13,16H,7-10,12H2,1-4H3,(H,22,28)(H,23,25,27). The number of carbonyl (C=O) groups excluding carboxylic acids is 2. The second-order valence-corrected chi connectivity index (χ2v) is 8.98. The molecule has 0 radical (unpaired) electrons. The minimum atomic E-state index is -0.1000. The quantitative estimate of drug-likeness (QED) is 0.652. The molecule has 1 heterocycles. The van der Waals surface area contributed by atoms with Gasteiger partial charge in [0.05, 0.1) is 6.54 Å². The van der Waals surface area contributed by atoms with E-state index in [0.29, 0.717) is 36.6 Å². The van der Waals surface area contributed by atoms with Gasteiger partial charge >= 0.3 is 0 Å². The van der Waals surface area contributed by atoms with Crippen molar-refractivity contribution in [2.45, 2.75) is 58.9 Å². The van der Waals surface area contributed by atoms with Crippen molar-refractivity contribution in [3.05, 3.63) is 34.3 Å². The zero-order valence-corrected chi connectivity index (χ0v) is 18.3. The SMILES string of the molecule is Cc1ccc(C)c(NC(=O)CN(CCC(=O)Nc2nnc(C(C)C)s2)C2CC2)c1. The Balaban J connectivity index is 1.50. The molecule has 1 aromatic carbocycles. The number of hydrogen-bond acceptors (Lipinski definition) is 6. The van der Waals surface area contributed by atoms with Crippen LogP contribution in [0.4, 0.5) is 10.8 Å². The van der Waals surface area contributed by atoms with Crippen LogP contribution in [0.1, 0.15) is 55.2 Å². The van der Waals surface area contributed by atoms with Gasteiger partial charge in [0.15, 0.2) is 0 Å². The summed E-state index contributed by atoms with van der Waals surface area (Å²) in [5.41, 5.74) is 3.00. The Bertz CT molecular complexity index is 876. The third-order valence-corrected chi connectivity index (χ3v) is 6.02. The Morgan fingerprint density at radius 2 is 1.93 bits per heavy atom. The molecule has 29 heavy (non-hydrogen) atoms. The number of benzene rings is 1. The van der Waals surface area contributed by atoms with Crippen molar-refractivity contribution >= 4 is 34.0 Å². The summed E-state index contributed by atoms with van der Waals surface area (Å²) in [4.78, 5) is 26.9. The average Bonchev–Trinajstić information content (AvgIpc) is 3.40. The van der Waals surface area contributed by atoms with Gasteiger partial charge in [-0.1, -0.05) is 37.3 Å². The molecule has 0 saturated heterocycles. The number of amides is 2. The number of nitrogens with zero attached hydrogens (tertiary/aromatic N) is 3. The van der Waals surface area contributed by atoms with Crippen molar-refractivity contribution in [3.8, 4) is 0 Å². The van der Waals surface area contributed by atoms with Gasteiger partial charge < -0.3 is 10.6 Å². The Hall–Kier alpha value is -2.32. The van der Waals surface area contributed by atoms with Crippen LogP contribution in [0.3, 0.4) is 0 Å². The number of aromatic nitrogens is 2. The molecule has 2 N–H and O–H groups in total. The van der Waals surface area contributed by atoms with E-state index in [0.717, 1.165) is 34.7 Å². The molecular weight excluding hydrogens is 386 g/mol. The molecule has 8 heteroatoms. The van der Waals surface area contributed by atoms with Crippen LogP contribution in [0, 0.1) is 13.8 Å². The van der Waals surface area contributed by atoms with E-state index in [9.17, 15) is 9.59 Å². The van der Waals surface area contributed by atoms with E-state index in [1.54, 1.807) is 0 Å². The van der Waals surface area contributed by atoms with Crippen LogP contribution in [0.5, 0.6) is 0 Å². The lowest BCUT2D eigenvalue weighted by Crippen LogP contribution is -2.37. The summed E-state index contributed by atoms with van der Waals surface area (Å²) < 4.78 is 0. The minimum Gasteiger partial charge on any atom is -0.325 e. The van der Waals surface area contributed by atoms with Crippen molar-refractivity contribution < 1.29 is 9.59 Å². The molecule has 156 valence electrons. The summed E-state index contributed by atoms with van der Waals surface area (Å²) in [7, 11) is 0. The van der Waals surface area contributed by atoms with Gasteiger partial charge in [0.2, 0.25) is 16.9 Å². The molecule has 0 unspecified atom stereocenters. The van der Waals surface area contributed by atoms with Gasteiger partial charge in [-0.25, -0.2) is 0 Å². The third kappa shape index (κ3) is 6.33. The number of anilines is 2. The molecule has 0 aliphatic heterocycles. The monoisotopic (exact) mass is 415 g/mol. The first-order valence-corrected chi connectivity index (χ1v) is 10.9. The van der Waals surface area contributed by atoms with E-state index in [1.165, 1.54) is 11.3 Å². The molecular formula is C21H29N5O2S. The van der Waals surface area contributed by atoms with Gasteiger partial charge in [-0.2, -0.15) is 0 Å². The molecule has 0 bridgehead atoms. The number of aryl methyl sites for hydroxylation is 2. The fourth-order valence-electron chi connectivity index (χ4n) is 3.02. The highest BCUT2D eigenvalue weighted by Gasteiger charge is 2.30. The van der Waals surface area contributed by atoms with Gasteiger partial charge in [0.1, 0.15) is 5.01 Å². The van der Waals surface area contributed by atoms with E-state index >= 15 is 0 Å². The second-order valence-electron chi connectivity index (χ2n) is 7.97. The van der Waals surface area contributed by atoms with Gasteiger partial charge in [-0.15, -0.1) is 10.2 Å².